The van der Waals surface area contributed by atoms with Crippen LogP contribution in [0.2, 0.25) is 0 Å². The van der Waals surface area contributed by atoms with Gasteiger partial charge in [-0.2, -0.15) is 11.8 Å². The van der Waals surface area contributed by atoms with Crippen LogP contribution in [0.5, 0.6) is 0 Å². The first-order valence-electron chi connectivity index (χ1n) is 19.0. The van der Waals surface area contributed by atoms with Crippen LogP contribution in [0.25, 0.3) is 0 Å². The Morgan fingerprint density at radius 3 is 1.75 bits per heavy atom. The van der Waals surface area contributed by atoms with E-state index in [2.05, 4.69) is 36.9 Å². The van der Waals surface area contributed by atoms with Crippen molar-refractivity contribution in [3.63, 3.8) is 0 Å². The lowest BCUT2D eigenvalue weighted by Crippen LogP contribution is -2.63. The molecular weight excluding hydrogens is 835 g/mol. The fraction of sp³-hybridized carbons (Fsp3) is 0.706. The van der Waals surface area contributed by atoms with Crippen LogP contribution in [-0.2, 0) is 43.2 Å². The number of nitrogens with two attached hydrogens (primary N) is 3. The minimum atomic E-state index is -1.97. The van der Waals surface area contributed by atoms with Gasteiger partial charge in [-0.15, -0.1) is 0 Å². The van der Waals surface area contributed by atoms with Crippen molar-refractivity contribution in [2.45, 2.75) is 113 Å². The van der Waals surface area contributed by atoms with E-state index >= 15 is 0 Å². The van der Waals surface area contributed by atoms with Crippen LogP contribution in [-0.4, -0.2) is 194 Å². The number of nitrogens with one attached hydrogen (secondary N) is 6. The smallest absolute Gasteiger partial charge is 0.326 e. The molecule has 18 N–H and O–H groups in total. The first-order chi connectivity index (χ1) is 28.6. The highest BCUT2D eigenvalue weighted by atomic mass is 32.2. The molecule has 0 aromatic carbocycles. The van der Waals surface area contributed by atoms with E-state index in [0.717, 1.165) is 18.7 Å². The number of rotatable bonds is 27. The number of likely N-dealkylation sites (tertiary alicyclic amines) is 1. The third kappa shape index (κ3) is 18.0. The minimum Gasteiger partial charge on any atom is -0.481 e. The number of aliphatic hydroxyl groups is 4. The van der Waals surface area contributed by atoms with Crippen LogP contribution in [0.3, 0.4) is 0 Å². The molecule has 61 heavy (non-hydrogen) atoms. The zero-order chi connectivity index (χ0) is 46.6. The number of thioether (sulfide) groups is 1. The second-order valence-electron chi connectivity index (χ2n) is 14.0. The number of carboxylic acids is 2. The molecule has 1 aliphatic rings. The van der Waals surface area contributed by atoms with Crippen molar-refractivity contribution in [2.75, 3.05) is 38.3 Å². The third-order valence-electron chi connectivity index (χ3n) is 9.12. The van der Waals surface area contributed by atoms with E-state index in [9.17, 15) is 73.8 Å². The highest BCUT2D eigenvalue weighted by molar-refractivity contribution is 7.98. The van der Waals surface area contributed by atoms with E-state index in [4.69, 9.17) is 17.2 Å². The Hall–Kier alpha value is -5.35. The van der Waals surface area contributed by atoms with Gasteiger partial charge in [0.15, 0.2) is 5.96 Å². The summed E-state index contributed by atoms with van der Waals surface area (Å²) in [6, 6.07) is -12.9. The van der Waals surface area contributed by atoms with Crippen LogP contribution < -0.4 is 49.1 Å². The molecular formula is C34H59N11O15S. The quantitative estimate of drug-likeness (QED) is 0.0207. The number of aliphatic hydroxyl groups excluding tert-OH is 4. The lowest BCUT2D eigenvalue weighted by molar-refractivity contribution is -0.145. The van der Waals surface area contributed by atoms with E-state index in [1.807, 2.05) is 0 Å². The average molecular weight is 894 g/mol. The van der Waals surface area contributed by atoms with Crippen molar-refractivity contribution in [3.8, 4) is 0 Å². The second-order valence-corrected chi connectivity index (χ2v) is 15.0. The molecule has 1 fully saturated rings. The molecule has 0 radical (unpaired) electrons. The molecule has 346 valence electrons. The Balaban J connectivity index is 3.08. The fourth-order valence-corrected chi connectivity index (χ4v) is 6.28. The van der Waals surface area contributed by atoms with Crippen LogP contribution in [0, 0.1) is 0 Å². The van der Waals surface area contributed by atoms with Crippen molar-refractivity contribution in [2.24, 2.45) is 22.2 Å². The number of carboxylic acid groups (broad SMARTS) is 2. The summed E-state index contributed by atoms with van der Waals surface area (Å²) in [7, 11) is 0. The van der Waals surface area contributed by atoms with E-state index in [0.29, 0.717) is 12.2 Å². The molecule has 0 aromatic rings. The summed E-state index contributed by atoms with van der Waals surface area (Å²) in [5, 5.41) is 72.5. The highest BCUT2D eigenvalue weighted by Crippen LogP contribution is 2.19. The summed E-state index contributed by atoms with van der Waals surface area (Å²) in [6.07, 6.45) is -1.87. The normalized spacial score (nSPS) is 18.0. The molecule has 1 heterocycles. The topological polar surface area (TPSA) is 441 Å². The maximum Gasteiger partial charge on any atom is 0.326 e. The third-order valence-corrected chi connectivity index (χ3v) is 9.76. The first-order valence-corrected chi connectivity index (χ1v) is 20.4. The number of nitrogens with zero attached hydrogens (tertiary/aromatic N) is 2. The van der Waals surface area contributed by atoms with Crippen molar-refractivity contribution in [3.05, 3.63) is 0 Å². The number of carbonyl (C=O) groups excluding carboxylic acids is 7. The molecule has 0 bridgehead atoms. The highest BCUT2D eigenvalue weighted by Gasteiger charge is 2.40. The lowest BCUT2D eigenvalue weighted by atomic mass is 10.1. The summed E-state index contributed by atoms with van der Waals surface area (Å²) in [4.78, 5) is 120. The van der Waals surface area contributed by atoms with Gasteiger partial charge in [-0.3, -0.25) is 43.3 Å². The Kier molecular flexibility index (Phi) is 23.6. The molecule has 10 atom stereocenters. The monoisotopic (exact) mass is 893 g/mol. The van der Waals surface area contributed by atoms with Gasteiger partial charge in [0, 0.05) is 13.1 Å². The van der Waals surface area contributed by atoms with Gasteiger partial charge in [0.2, 0.25) is 41.4 Å². The molecule has 1 saturated heterocycles. The van der Waals surface area contributed by atoms with Gasteiger partial charge in [0.25, 0.3) is 0 Å². The van der Waals surface area contributed by atoms with Crippen LogP contribution in [0.1, 0.15) is 52.4 Å². The molecule has 26 nitrogen and oxygen atoms in total. The Morgan fingerprint density at radius 2 is 1.26 bits per heavy atom. The Labute approximate surface area is 354 Å². The van der Waals surface area contributed by atoms with Gasteiger partial charge in [0.1, 0.15) is 42.3 Å². The summed E-state index contributed by atoms with van der Waals surface area (Å²) < 4.78 is 0. The number of carbonyl (C=O) groups is 9. The van der Waals surface area contributed by atoms with Gasteiger partial charge in [-0.1, -0.05) is 0 Å². The molecule has 0 aliphatic carbocycles. The van der Waals surface area contributed by atoms with E-state index in [1.165, 1.54) is 11.8 Å². The molecule has 0 saturated carbocycles. The summed E-state index contributed by atoms with van der Waals surface area (Å²) in [5.74, 6) is -10.4. The van der Waals surface area contributed by atoms with Gasteiger partial charge < -0.3 is 84.6 Å². The van der Waals surface area contributed by atoms with Crippen molar-refractivity contribution in [1.82, 2.24) is 36.8 Å². The number of aliphatic carboxylic acids is 2. The van der Waals surface area contributed by atoms with Crippen LogP contribution >= 0.6 is 11.8 Å². The zero-order valence-electron chi connectivity index (χ0n) is 33.9. The number of aliphatic imine (C=N–C) groups is 1. The maximum absolute atomic E-state index is 13.5. The number of guanidine groups is 1. The van der Waals surface area contributed by atoms with Crippen molar-refractivity contribution < 1.29 is 73.8 Å². The van der Waals surface area contributed by atoms with Crippen LogP contribution in [0.15, 0.2) is 4.99 Å². The predicted molar refractivity (Wildman–Crippen MR) is 215 cm³/mol. The molecule has 1 aliphatic heterocycles. The Morgan fingerprint density at radius 1 is 0.738 bits per heavy atom. The molecule has 7 amide bonds. The molecule has 0 spiro atoms. The van der Waals surface area contributed by atoms with Gasteiger partial charge in [0.05, 0.1) is 37.9 Å². The number of hydrogen-bond donors (Lipinski definition) is 15. The van der Waals surface area contributed by atoms with Gasteiger partial charge >= 0.3 is 11.9 Å². The van der Waals surface area contributed by atoms with E-state index < -0.39 is 133 Å². The number of amides is 7. The van der Waals surface area contributed by atoms with Crippen molar-refractivity contribution >= 4 is 71.0 Å². The second kappa shape index (κ2) is 26.8. The predicted octanol–water partition coefficient (Wildman–Crippen LogP) is -7.67. The number of hydrogen-bond acceptors (Lipinski definition) is 16. The van der Waals surface area contributed by atoms with E-state index in [-0.39, 0.29) is 44.7 Å². The molecule has 0 unspecified atom stereocenters. The lowest BCUT2D eigenvalue weighted by Gasteiger charge is -2.30. The average Bonchev–Trinajstić information content (AvgIpc) is 3.69. The summed E-state index contributed by atoms with van der Waals surface area (Å²) in [6.45, 7) is 0.0622. The van der Waals surface area contributed by atoms with Crippen LogP contribution in [0.4, 0.5) is 0 Å². The fourth-order valence-electron chi connectivity index (χ4n) is 5.79. The molecule has 0 aromatic heterocycles. The standard InChI is InChI=1S/C34H59N11O15S/c1-15(48)24(43-26(52)17(35)8-11-61-3)30(56)40-19(12-23(50)51)27(53)44-25(16(2)49)31(57)41-20(13-46)28(54)42-21(14-47)32(58)45-10-5-7-22(45)29(55)39-18(33(59)60)6-4-9-38-34(36)37/h15-22,24-25,46-49H,4-14,35H2,1-3H3,(H,39,55)(H,40,56)(H,41,57)(H,42,54)(H,43,52)(H,44,53)(H,50,51)(H,59,60)(H4,36,37,38)/t15-,16-,17+,18+,19+,20+,21+,22+,24+,25+/m1/s1. The van der Waals surface area contributed by atoms with Crippen molar-refractivity contribution in [1.29, 1.82) is 0 Å². The largest absolute Gasteiger partial charge is 0.481 e. The van der Waals surface area contributed by atoms with Gasteiger partial charge in [-0.25, -0.2) is 4.79 Å². The SMILES string of the molecule is CSCC[C@H](N)C(=O)N[C@H](C(=O)N[C@@H](CC(=O)O)C(=O)N[C@H](C(=O)N[C@@H](CO)C(=O)N[C@@H](CO)C(=O)N1CCC[C@H]1C(=O)N[C@@H](CCCN=C(N)N)C(=O)O)[C@@H](C)O)[C@@H](C)O. The maximum atomic E-state index is 13.5. The molecule has 1 rings (SSSR count). The molecule has 27 heteroatoms. The Bertz CT molecular complexity index is 1580. The summed E-state index contributed by atoms with van der Waals surface area (Å²) >= 11 is 1.40. The van der Waals surface area contributed by atoms with Gasteiger partial charge in [-0.05, 0) is 58.0 Å². The first kappa shape index (κ1) is 53.7. The summed E-state index contributed by atoms with van der Waals surface area (Å²) in [5.41, 5.74) is 16.3. The zero-order valence-corrected chi connectivity index (χ0v) is 34.8. The van der Waals surface area contributed by atoms with E-state index in [1.54, 1.807) is 6.26 Å². The minimum absolute atomic E-state index is 0.0222.